The topological polar surface area (TPSA) is 35.6 Å². The second-order valence-electron chi connectivity index (χ2n) is 6.83. The first-order valence-electron chi connectivity index (χ1n) is 7.98. The van der Waals surface area contributed by atoms with Gasteiger partial charge in [0.25, 0.3) is 0 Å². The fraction of sp³-hybridized carbons (Fsp3) is 0.750. The van der Waals surface area contributed by atoms with Gasteiger partial charge >= 0.3 is 0 Å². The van der Waals surface area contributed by atoms with E-state index in [1.54, 1.807) is 0 Å². The van der Waals surface area contributed by atoms with Gasteiger partial charge in [-0.05, 0) is 24.7 Å². The van der Waals surface area contributed by atoms with Crippen molar-refractivity contribution in [2.24, 2.45) is 12.5 Å². The molecule has 2 aromatic heterocycles. The smallest absolute Gasteiger partial charge is 0.158 e. The Kier molecular flexibility index (Phi) is 3.76. The predicted molar refractivity (Wildman–Crippen MR) is 87.0 cm³/mol. The monoisotopic (exact) mass is 308 g/mol. The van der Waals surface area contributed by atoms with Crippen LogP contribution in [0.15, 0.2) is 0 Å². The van der Waals surface area contributed by atoms with Crippen LogP contribution in [0.4, 0.5) is 0 Å². The summed E-state index contributed by atoms with van der Waals surface area (Å²) in [6.45, 7) is 6.89. The fourth-order valence-electron chi connectivity index (χ4n) is 3.86. The summed E-state index contributed by atoms with van der Waals surface area (Å²) in [6, 6.07) is 0.501. The molecule has 5 heteroatoms. The molecule has 21 heavy (non-hydrogen) atoms. The number of aromatic nitrogens is 4. The molecule has 2 heterocycles. The summed E-state index contributed by atoms with van der Waals surface area (Å²) in [5, 5.41) is 4.65. The highest BCUT2D eigenvalue weighted by atomic mass is 35.5. The number of hydrogen-bond acceptors (Lipinski definition) is 2. The largest absolute Gasteiger partial charge is 0.309 e. The first-order chi connectivity index (χ1) is 9.99. The Morgan fingerprint density at radius 1 is 1.38 bits per heavy atom. The molecule has 116 valence electrons. The Bertz CT molecular complexity index is 653. The predicted octanol–water partition coefficient (Wildman–Crippen LogP) is 3.86. The zero-order valence-electron chi connectivity index (χ0n) is 13.5. The van der Waals surface area contributed by atoms with Crippen molar-refractivity contribution in [3.05, 3.63) is 11.5 Å². The molecule has 0 saturated heterocycles. The summed E-state index contributed by atoms with van der Waals surface area (Å²) >= 11 is 6.02. The Morgan fingerprint density at radius 3 is 2.71 bits per heavy atom. The maximum atomic E-state index is 6.02. The van der Waals surface area contributed by atoms with Gasteiger partial charge < -0.3 is 4.57 Å². The van der Waals surface area contributed by atoms with Gasteiger partial charge in [0.15, 0.2) is 5.65 Å². The fourth-order valence-corrected chi connectivity index (χ4v) is 4.03. The molecule has 0 aliphatic heterocycles. The summed E-state index contributed by atoms with van der Waals surface area (Å²) in [5.41, 5.74) is 3.65. The van der Waals surface area contributed by atoms with E-state index in [2.05, 4.69) is 30.4 Å². The lowest BCUT2D eigenvalue weighted by atomic mass is 9.87. The van der Waals surface area contributed by atoms with Gasteiger partial charge in [-0.2, -0.15) is 5.10 Å². The molecule has 1 atom stereocenters. The molecule has 4 nitrogen and oxygen atoms in total. The zero-order chi connectivity index (χ0) is 15.2. The number of halogens is 1. The van der Waals surface area contributed by atoms with Crippen molar-refractivity contribution in [1.82, 2.24) is 19.3 Å². The van der Waals surface area contributed by atoms with Gasteiger partial charge in [0.1, 0.15) is 11.3 Å². The van der Waals surface area contributed by atoms with Crippen molar-refractivity contribution in [1.29, 1.82) is 0 Å². The quantitative estimate of drug-likeness (QED) is 0.804. The minimum Gasteiger partial charge on any atom is -0.309 e. The van der Waals surface area contributed by atoms with E-state index in [4.69, 9.17) is 16.6 Å². The Labute approximate surface area is 131 Å². The van der Waals surface area contributed by atoms with E-state index in [1.165, 1.54) is 24.9 Å². The van der Waals surface area contributed by atoms with E-state index < -0.39 is 0 Å². The van der Waals surface area contributed by atoms with Crippen LogP contribution < -0.4 is 0 Å². The minimum atomic E-state index is 0.311. The average molecular weight is 309 g/mol. The van der Waals surface area contributed by atoms with Crippen molar-refractivity contribution in [3.8, 4) is 0 Å². The molecule has 0 radical (unpaired) electrons. The number of rotatable bonds is 4. The molecule has 2 aromatic rings. The Balaban J connectivity index is 2.23. The van der Waals surface area contributed by atoms with E-state index in [-0.39, 0.29) is 0 Å². The summed E-state index contributed by atoms with van der Waals surface area (Å²) in [7, 11) is 2.03. The molecule has 1 saturated carbocycles. The highest BCUT2D eigenvalue weighted by Crippen LogP contribution is 2.47. The number of imidazole rings is 1. The Morgan fingerprint density at radius 2 is 2.14 bits per heavy atom. The number of hydrogen-bond donors (Lipinski definition) is 0. The zero-order valence-corrected chi connectivity index (χ0v) is 14.2. The van der Waals surface area contributed by atoms with Crippen LogP contribution in [0.3, 0.4) is 0 Å². The number of fused-ring (bicyclic) bond motifs is 1. The lowest BCUT2D eigenvalue weighted by Gasteiger charge is -2.30. The van der Waals surface area contributed by atoms with Gasteiger partial charge in [-0.25, -0.2) is 4.98 Å². The normalized spacial score (nSPS) is 21.5. The average Bonchev–Trinajstić information content (AvgIpc) is 3.04. The molecule has 0 N–H and O–H groups in total. The third-order valence-corrected chi connectivity index (χ3v) is 5.16. The van der Waals surface area contributed by atoms with E-state index in [0.717, 1.165) is 29.9 Å². The molecular formula is C16H25ClN4. The molecule has 1 unspecified atom stereocenters. The van der Waals surface area contributed by atoms with Gasteiger partial charge in [-0.15, -0.1) is 11.6 Å². The number of alkyl halides is 1. The second-order valence-corrected chi connectivity index (χ2v) is 7.21. The standard InChI is InChI=1S/C16H25ClN4/c1-5-11-14-15(20(4)19-11)21(13(18-14)8-10-17)12-7-6-9-16(12,2)3/h12H,5-10H2,1-4H3. The highest BCUT2D eigenvalue weighted by Gasteiger charge is 2.38. The van der Waals surface area contributed by atoms with Gasteiger partial charge in [0.05, 0.1) is 5.69 Å². The van der Waals surface area contributed by atoms with Crippen molar-refractivity contribution in [2.75, 3.05) is 5.88 Å². The SMILES string of the molecule is CCc1nn(C)c2c1nc(CCCl)n2C1CCCC1(C)C. The van der Waals surface area contributed by atoms with Gasteiger partial charge in [-0.1, -0.05) is 27.2 Å². The Hall–Kier alpha value is -1.03. The van der Waals surface area contributed by atoms with E-state index in [0.29, 0.717) is 17.3 Å². The van der Waals surface area contributed by atoms with Crippen LogP contribution in [0.5, 0.6) is 0 Å². The third-order valence-electron chi connectivity index (χ3n) is 4.97. The summed E-state index contributed by atoms with van der Waals surface area (Å²) < 4.78 is 4.45. The van der Waals surface area contributed by atoms with E-state index >= 15 is 0 Å². The lowest BCUT2D eigenvalue weighted by molar-refractivity contribution is 0.259. The minimum absolute atomic E-state index is 0.311. The second kappa shape index (κ2) is 5.31. The third kappa shape index (κ3) is 2.28. The van der Waals surface area contributed by atoms with Crippen molar-refractivity contribution in [3.63, 3.8) is 0 Å². The first-order valence-corrected chi connectivity index (χ1v) is 8.51. The van der Waals surface area contributed by atoms with Gasteiger partial charge in [0.2, 0.25) is 0 Å². The van der Waals surface area contributed by atoms with Crippen LogP contribution in [0.25, 0.3) is 11.2 Å². The van der Waals surface area contributed by atoms with E-state index in [1.807, 2.05) is 11.7 Å². The maximum absolute atomic E-state index is 6.02. The number of aryl methyl sites for hydroxylation is 3. The van der Waals surface area contributed by atoms with Crippen LogP contribution in [-0.2, 0) is 19.9 Å². The van der Waals surface area contributed by atoms with Crippen molar-refractivity contribution >= 4 is 22.8 Å². The van der Waals surface area contributed by atoms with Crippen LogP contribution >= 0.6 is 11.6 Å². The lowest BCUT2D eigenvalue weighted by Crippen LogP contribution is -2.24. The van der Waals surface area contributed by atoms with Gasteiger partial charge in [0, 0.05) is 25.4 Å². The maximum Gasteiger partial charge on any atom is 0.158 e. The molecule has 3 rings (SSSR count). The summed E-state index contributed by atoms with van der Waals surface area (Å²) in [5.74, 6) is 1.74. The van der Waals surface area contributed by atoms with Crippen LogP contribution in [0.1, 0.15) is 57.6 Å². The molecule has 1 aliphatic carbocycles. The molecule has 1 fully saturated rings. The van der Waals surface area contributed by atoms with Crippen LogP contribution in [-0.4, -0.2) is 25.2 Å². The molecule has 0 amide bonds. The van der Waals surface area contributed by atoms with Crippen molar-refractivity contribution < 1.29 is 0 Å². The molecule has 1 aliphatic rings. The van der Waals surface area contributed by atoms with Gasteiger partial charge in [-0.3, -0.25) is 4.68 Å². The molecular weight excluding hydrogens is 284 g/mol. The summed E-state index contributed by atoms with van der Waals surface area (Å²) in [6.07, 6.45) is 5.53. The number of nitrogens with zero attached hydrogens (tertiary/aromatic N) is 4. The highest BCUT2D eigenvalue weighted by molar-refractivity contribution is 6.17. The first kappa shape index (κ1) is 14.9. The van der Waals surface area contributed by atoms with Crippen molar-refractivity contribution in [2.45, 2.75) is 58.9 Å². The van der Waals surface area contributed by atoms with E-state index in [9.17, 15) is 0 Å². The summed E-state index contributed by atoms with van der Waals surface area (Å²) in [4.78, 5) is 4.90. The van der Waals surface area contributed by atoms with Crippen LogP contribution in [0, 0.1) is 5.41 Å². The molecule has 0 bridgehead atoms. The van der Waals surface area contributed by atoms with Crippen LogP contribution in [0.2, 0.25) is 0 Å². The molecule has 0 spiro atoms. The molecule has 0 aromatic carbocycles.